The smallest absolute Gasteiger partial charge is 0.320 e. The monoisotopic (exact) mass is 320 g/mol. The number of aryl methyl sites for hydroxylation is 1. The van der Waals surface area contributed by atoms with Gasteiger partial charge >= 0.3 is 11.9 Å². The summed E-state index contributed by atoms with van der Waals surface area (Å²) in [5.74, 6) is -2.71. The van der Waals surface area contributed by atoms with Gasteiger partial charge in [-0.05, 0) is 38.2 Å². The normalized spacial score (nSPS) is 13.3. The van der Waals surface area contributed by atoms with Gasteiger partial charge in [-0.3, -0.25) is 9.59 Å². The van der Waals surface area contributed by atoms with Crippen LogP contribution in [0.1, 0.15) is 57.9 Å². The van der Waals surface area contributed by atoms with Gasteiger partial charge in [0.2, 0.25) is 0 Å². The second-order valence-electron chi connectivity index (χ2n) is 5.99. The van der Waals surface area contributed by atoms with E-state index >= 15 is 0 Å². The van der Waals surface area contributed by atoms with Gasteiger partial charge in [-0.1, -0.05) is 56.5 Å². The van der Waals surface area contributed by atoms with E-state index in [0.29, 0.717) is 12.8 Å². The summed E-state index contributed by atoms with van der Waals surface area (Å²) in [6, 6.07) is 10.3. The lowest BCUT2D eigenvalue weighted by molar-refractivity contribution is -0.162. The Bertz CT molecular complexity index is 470. The first-order chi connectivity index (χ1) is 11.0. The van der Waals surface area contributed by atoms with Gasteiger partial charge in [-0.25, -0.2) is 0 Å². The van der Waals surface area contributed by atoms with Gasteiger partial charge < -0.3 is 9.84 Å². The zero-order valence-electron chi connectivity index (χ0n) is 14.2. The molecule has 0 saturated heterocycles. The fourth-order valence-corrected chi connectivity index (χ4v) is 2.38. The molecule has 0 aliphatic heterocycles. The quantitative estimate of drug-likeness (QED) is 0.376. The van der Waals surface area contributed by atoms with Crippen molar-refractivity contribution in [1.29, 1.82) is 0 Å². The van der Waals surface area contributed by atoms with Crippen molar-refractivity contribution in [3.8, 4) is 0 Å². The van der Waals surface area contributed by atoms with E-state index in [2.05, 4.69) is 12.1 Å². The van der Waals surface area contributed by atoms with E-state index in [1.165, 1.54) is 5.56 Å². The molecule has 0 amide bonds. The Morgan fingerprint density at radius 1 is 1.09 bits per heavy atom. The lowest BCUT2D eigenvalue weighted by atomic mass is 9.99. The Labute approximate surface area is 138 Å². The predicted molar refractivity (Wildman–Crippen MR) is 90.2 cm³/mol. The van der Waals surface area contributed by atoms with Crippen molar-refractivity contribution < 1.29 is 19.4 Å². The maximum atomic E-state index is 11.9. The zero-order valence-corrected chi connectivity index (χ0v) is 14.2. The number of rotatable bonds is 11. The summed E-state index contributed by atoms with van der Waals surface area (Å²) in [6.45, 7) is 3.68. The summed E-state index contributed by atoms with van der Waals surface area (Å²) in [4.78, 5) is 23.1. The number of unbranched alkanes of at least 4 members (excludes halogenated alkanes) is 3. The number of hydrogen-bond acceptors (Lipinski definition) is 3. The van der Waals surface area contributed by atoms with Crippen LogP contribution in [-0.2, 0) is 20.7 Å². The molecule has 0 aliphatic carbocycles. The number of hydrogen-bond donors (Lipinski definition) is 1. The minimum absolute atomic E-state index is 0.227. The highest BCUT2D eigenvalue weighted by molar-refractivity contribution is 5.93. The van der Waals surface area contributed by atoms with E-state index in [1.54, 1.807) is 6.92 Å². The van der Waals surface area contributed by atoms with Gasteiger partial charge in [0.25, 0.3) is 0 Å². The average Bonchev–Trinajstić information content (AvgIpc) is 2.54. The van der Waals surface area contributed by atoms with Crippen molar-refractivity contribution in [2.75, 3.05) is 0 Å². The van der Waals surface area contributed by atoms with Crippen LogP contribution in [0.3, 0.4) is 0 Å². The number of esters is 1. The fraction of sp³-hybridized carbons (Fsp3) is 0.579. The largest absolute Gasteiger partial charge is 0.481 e. The molecule has 0 fully saturated rings. The number of carbonyl (C=O) groups is 2. The predicted octanol–water partition coefficient (Wildman–Crippen LogP) is 4.22. The summed E-state index contributed by atoms with van der Waals surface area (Å²) in [7, 11) is 0. The third kappa shape index (κ3) is 7.82. The molecule has 0 radical (unpaired) electrons. The number of carboxylic acids is 1. The van der Waals surface area contributed by atoms with Crippen molar-refractivity contribution in [3.63, 3.8) is 0 Å². The molecule has 4 nitrogen and oxygen atoms in total. The van der Waals surface area contributed by atoms with Gasteiger partial charge in [0.15, 0.2) is 5.92 Å². The first-order valence-electron chi connectivity index (χ1n) is 8.51. The van der Waals surface area contributed by atoms with Crippen LogP contribution in [0, 0.1) is 5.92 Å². The van der Waals surface area contributed by atoms with Crippen LogP contribution in [0.5, 0.6) is 0 Å². The first kappa shape index (κ1) is 19.2. The molecule has 0 aliphatic rings. The molecule has 4 heteroatoms. The molecule has 2 atom stereocenters. The van der Waals surface area contributed by atoms with Gasteiger partial charge in [-0.2, -0.15) is 0 Å². The number of benzene rings is 1. The van der Waals surface area contributed by atoms with E-state index < -0.39 is 17.9 Å². The van der Waals surface area contributed by atoms with Gasteiger partial charge in [0, 0.05) is 0 Å². The van der Waals surface area contributed by atoms with Crippen molar-refractivity contribution >= 4 is 11.9 Å². The highest BCUT2D eigenvalue weighted by atomic mass is 16.5. The highest BCUT2D eigenvalue weighted by Gasteiger charge is 2.28. The van der Waals surface area contributed by atoms with Crippen molar-refractivity contribution in [3.05, 3.63) is 35.9 Å². The minimum Gasteiger partial charge on any atom is -0.481 e. The van der Waals surface area contributed by atoms with Crippen LogP contribution < -0.4 is 0 Å². The molecule has 1 aromatic carbocycles. The number of carbonyl (C=O) groups excluding carboxylic acids is 1. The SMILES string of the molecule is CCC(C)OC(=O)C(CCCCCCc1ccccc1)C(=O)O. The zero-order chi connectivity index (χ0) is 17.1. The molecule has 1 N–H and O–H groups in total. The first-order valence-corrected chi connectivity index (χ1v) is 8.51. The van der Waals surface area contributed by atoms with Gasteiger partial charge in [-0.15, -0.1) is 0 Å². The molecule has 1 aromatic rings. The number of carboxylic acid groups (broad SMARTS) is 1. The van der Waals surface area contributed by atoms with Crippen LogP contribution >= 0.6 is 0 Å². The van der Waals surface area contributed by atoms with Gasteiger partial charge in [0.1, 0.15) is 0 Å². The van der Waals surface area contributed by atoms with E-state index in [0.717, 1.165) is 32.1 Å². The lowest BCUT2D eigenvalue weighted by Crippen LogP contribution is -2.28. The third-order valence-corrected chi connectivity index (χ3v) is 4.03. The highest BCUT2D eigenvalue weighted by Crippen LogP contribution is 2.15. The molecule has 0 saturated carbocycles. The fourth-order valence-electron chi connectivity index (χ4n) is 2.38. The van der Waals surface area contributed by atoms with Gasteiger partial charge in [0.05, 0.1) is 6.10 Å². The van der Waals surface area contributed by atoms with E-state index in [9.17, 15) is 14.7 Å². The van der Waals surface area contributed by atoms with Crippen LogP contribution in [0.2, 0.25) is 0 Å². The summed E-state index contributed by atoms with van der Waals surface area (Å²) in [5, 5.41) is 9.18. The molecule has 128 valence electrons. The number of ether oxygens (including phenoxy) is 1. The molecular formula is C19H28O4. The molecule has 0 spiro atoms. The maximum Gasteiger partial charge on any atom is 0.320 e. The van der Waals surface area contributed by atoms with E-state index in [-0.39, 0.29) is 6.10 Å². The van der Waals surface area contributed by atoms with Crippen molar-refractivity contribution in [2.45, 2.75) is 64.9 Å². The Morgan fingerprint density at radius 2 is 1.74 bits per heavy atom. The summed E-state index contributed by atoms with van der Waals surface area (Å²) >= 11 is 0. The standard InChI is InChI=1S/C19H28O4/c1-3-15(2)23-19(22)17(18(20)21)14-10-5-4-7-11-16-12-8-6-9-13-16/h6,8-9,12-13,15,17H,3-5,7,10-11,14H2,1-2H3,(H,20,21). The molecule has 2 unspecified atom stereocenters. The van der Waals surface area contributed by atoms with E-state index in [4.69, 9.17) is 4.74 Å². The van der Waals surface area contributed by atoms with Crippen LogP contribution in [-0.4, -0.2) is 23.1 Å². The van der Waals surface area contributed by atoms with Crippen LogP contribution in [0.15, 0.2) is 30.3 Å². The van der Waals surface area contributed by atoms with Crippen molar-refractivity contribution in [1.82, 2.24) is 0 Å². The van der Waals surface area contributed by atoms with Crippen LogP contribution in [0.25, 0.3) is 0 Å². The number of aliphatic carboxylic acids is 1. The molecular weight excluding hydrogens is 292 g/mol. The molecule has 0 bridgehead atoms. The Morgan fingerprint density at radius 3 is 2.35 bits per heavy atom. The van der Waals surface area contributed by atoms with Crippen LogP contribution in [0.4, 0.5) is 0 Å². The average molecular weight is 320 g/mol. The minimum atomic E-state index is -1.08. The molecule has 23 heavy (non-hydrogen) atoms. The second-order valence-corrected chi connectivity index (χ2v) is 5.99. The lowest BCUT2D eigenvalue weighted by Gasteiger charge is -2.15. The maximum absolute atomic E-state index is 11.9. The second kappa shape index (κ2) is 10.8. The molecule has 0 heterocycles. The Hall–Kier alpha value is -1.84. The Balaban J connectivity index is 2.22. The third-order valence-electron chi connectivity index (χ3n) is 4.03. The van der Waals surface area contributed by atoms with E-state index in [1.807, 2.05) is 25.1 Å². The Kier molecular flexibility index (Phi) is 9.03. The summed E-state index contributed by atoms with van der Waals surface area (Å²) in [5.41, 5.74) is 1.33. The topological polar surface area (TPSA) is 63.6 Å². The summed E-state index contributed by atoms with van der Waals surface area (Å²) in [6.07, 6.45) is 5.66. The molecule has 1 rings (SSSR count). The summed E-state index contributed by atoms with van der Waals surface area (Å²) < 4.78 is 5.14. The molecule has 0 aromatic heterocycles. The van der Waals surface area contributed by atoms with Crippen molar-refractivity contribution in [2.24, 2.45) is 5.92 Å².